The molecule has 1 aliphatic rings. The number of nitrogens with zero attached hydrogens (tertiary/aromatic N) is 2. The van der Waals surface area contributed by atoms with Crippen molar-refractivity contribution < 1.29 is 17.9 Å². The van der Waals surface area contributed by atoms with Crippen molar-refractivity contribution in [3.05, 3.63) is 59.9 Å². The van der Waals surface area contributed by atoms with E-state index in [-0.39, 0.29) is 16.8 Å². The minimum absolute atomic E-state index is 0.0267. The number of pyridine rings is 1. The van der Waals surface area contributed by atoms with Gasteiger partial charge in [-0.1, -0.05) is 12.1 Å². The number of ether oxygens (including phenoxy) is 1. The van der Waals surface area contributed by atoms with E-state index in [9.17, 15) is 13.2 Å². The summed E-state index contributed by atoms with van der Waals surface area (Å²) < 4.78 is 44.0. The van der Waals surface area contributed by atoms with Crippen LogP contribution in [0, 0.1) is 0 Å². The molecule has 1 saturated heterocycles. The summed E-state index contributed by atoms with van der Waals surface area (Å²) in [7, 11) is 0. The number of rotatable bonds is 5. The number of benzene rings is 1. The van der Waals surface area contributed by atoms with E-state index < -0.39 is 11.7 Å². The van der Waals surface area contributed by atoms with Crippen molar-refractivity contribution in [3.63, 3.8) is 0 Å². The molecule has 1 fully saturated rings. The zero-order valence-corrected chi connectivity index (χ0v) is 15.9. The van der Waals surface area contributed by atoms with Crippen LogP contribution in [-0.4, -0.2) is 47.8 Å². The van der Waals surface area contributed by atoms with Crippen LogP contribution in [0.4, 0.5) is 18.9 Å². The first-order valence-electron chi connectivity index (χ1n) is 8.87. The second-order valence-electron chi connectivity index (χ2n) is 6.36. The summed E-state index contributed by atoms with van der Waals surface area (Å²) in [5.41, 5.74) is 0.609. The summed E-state index contributed by atoms with van der Waals surface area (Å²) in [6.07, 6.45) is -0.868. The number of halogens is 3. The molecule has 28 heavy (non-hydrogen) atoms. The smallest absolute Gasteiger partial charge is 0.379 e. The number of hydrogen-bond donors (Lipinski definition) is 2. The van der Waals surface area contributed by atoms with Gasteiger partial charge in [0.2, 0.25) is 0 Å². The van der Waals surface area contributed by atoms with Crippen molar-refractivity contribution in [2.75, 3.05) is 38.2 Å². The first-order chi connectivity index (χ1) is 13.4. The molecule has 0 spiro atoms. The Bertz CT molecular complexity index is 782. The van der Waals surface area contributed by atoms with Gasteiger partial charge in [0.05, 0.1) is 24.8 Å². The average molecular weight is 410 g/mol. The fraction of sp³-hybridized carbons (Fsp3) is 0.368. The number of alkyl halides is 3. The Hall–Kier alpha value is -2.23. The monoisotopic (exact) mass is 410 g/mol. The highest BCUT2D eigenvalue weighted by atomic mass is 32.1. The largest absolute Gasteiger partial charge is 0.416 e. The van der Waals surface area contributed by atoms with Crippen molar-refractivity contribution in [2.24, 2.45) is 0 Å². The zero-order valence-electron chi connectivity index (χ0n) is 15.1. The summed E-state index contributed by atoms with van der Waals surface area (Å²) in [5.74, 6) is 0. The molecule has 150 valence electrons. The Balaban J connectivity index is 1.64. The molecular formula is C19H21F3N4OS. The minimum atomic E-state index is -4.39. The van der Waals surface area contributed by atoms with Gasteiger partial charge in [0.15, 0.2) is 5.11 Å². The molecule has 1 aliphatic heterocycles. The first-order valence-corrected chi connectivity index (χ1v) is 9.28. The topological polar surface area (TPSA) is 49.4 Å². The van der Waals surface area contributed by atoms with Crippen molar-refractivity contribution in [1.29, 1.82) is 0 Å². The molecule has 1 aromatic carbocycles. The predicted molar refractivity (Wildman–Crippen MR) is 105 cm³/mol. The van der Waals surface area contributed by atoms with Gasteiger partial charge in [-0.25, -0.2) is 0 Å². The van der Waals surface area contributed by atoms with E-state index in [1.807, 2.05) is 18.3 Å². The SMILES string of the molecule is FC(F)(F)c1cccc(NC(=S)NC[C@@H](c2cccnc2)N2CCOCC2)c1. The maximum Gasteiger partial charge on any atom is 0.416 e. The van der Waals surface area contributed by atoms with Gasteiger partial charge >= 0.3 is 6.18 Å². The van der Waals surface area contributed by atoms with Crippen LogP contribution in [0.5, 0.6) is 0 Å². The van der Waals surface area contributed by atoms with Gasteiger partial charge in [0.25, 0.3) is 0 Å². The van der Waals surface area contributed by atoms with Gasteiger partial charge in [-0.15, -0.1) is 0 Å². The van der Waals surface area contributed by atoms with E-state index in [2.05, 4.69) is 20.5 Å². The molecule has 1 atom stereocenters. The van der Waals surface area contributed by atoms with Crippen LogP contribution in [0.2, 0.25) is 0 Å². The van der Waals surface area contributed by atoms with Crippen LogP contribution in [-0.2, 0) is 10.9 Å². The van der Waals surface area contributed by atoms with Crippen molar-refractivity contribution >= 4 is 23.0 Å². The van der Waals surface area contributed by atoms with Crippen LogP contribution < -0.4 is 10.6 Å². The lowest BCUT2D eigenvalue weighted by Gasteiger charge is -2.35. The van der Waals surface area contributed by atoms with E-state index in [1.54, 1.807) is 12.3 Å². The maximum atomic E-state index is 12.9. The number of hydrogen-bond acceptors (Lipinski definition) is 4. The first kappa shape index (κ1) is 20.5. The molecule has 1 aromatic heterocycles. The number of nitrogens with one attached hydrogen (secondary N) is 2. The summed E-state index contributed by atoms with van der Waals surface area (Å²) in [6, 6.07) is 8.86. The Morgan fingerprint density at radius 1 is 1.21 bits per heavy atom. The van der Waals surface area contributed by atoms with E-state index in [1.165, 1.54) is 6.07 Å². The predicted octanol–water partition coefficient (Wildman–Crippen LogP) is 3.46. The molecule has 0 unspecified atom stereocenters. The molecule has 5 nitrogen and oxygen atoms in total. The highest BCUT2D eigenvalue weighted by Crippen LogP contribution is 2.30. The van der Waals surface area contributed by atoms with Gasteiger partial charge in [0.1, 0.15) is 0 Å². The molecule has 0 aliphatic carbocycles. The third-order valence-electron chi connectivity index (χ3n) is 4.46. The van der Waals surface area contributed by atoms with E-state index in [0.29, 0.717) is 19.8 Å². The summed E-state index contributed by atoms with van der Waals surface area (Å²) >= 11 is 5.28. The lowest BCUT2D eigenvalue weighted by Crippen LogP contribution is -2.44. The molecular weight excluding hydrogens is 389 g/mol. The van der Waals surface area contributed by atoms with Gasteiger partial charge in [-0.2, -0.15) is 13.2 Å². The number of aromatic nitrogens is 1. The molecule has 0 amide bonds. The third-order valence-corrected chi connectivity index (χ3v) is 4.71. The molecule has 0 radical (unpaired) electrons. The van der Waals surface area contributed by atoms with Crippen LogP contribution in [0.1, 0.15) is 17.2 Å². The Morgan fingerprint density at radius 2 is 2.00 bits per heavy atom. The zero-order chi connectivity index (χ0) is 20.0. The third kappa shape index (κ3) is 5.63. The lowest BCUT2D eigenvalue weighted by molar-refractivity contribution is -0.137. The average Bonchev–Trinajstić information content (AvgIpc) is 2.69. The van der Waals surface area contributed by atoms with Crippen LogP contribution in [0.25, 0.3) is 0 Å². The fourth-order valence-electron chi connectivity index (χ4n) is 3.06. The molecule has 3 rings (SSSR count). The quantitative estimate of drug-likeness (QED) is 0.737. The fourth-order valence-corrected chi connectivity index (χ4v) is 3.26. The second-order valence-corrected chi connectivity index (χ2v) is 6.77. The summed E-state index contributed by atoms with van der Waals surface area (Å²) in [4.78, 5) is 6.47. The van der Waals surface area contributed by atoms with Crippen LogP contribution in [0.3, 0.4) is 0 Å². The van der Waals surface area contributed by atoms with Gasteiger partial charge in [-0.05, 0) is 42.0 Å². The number of anilines is 1. The highest BCUT2D eigenvalue weighted by molar-refractivity contribution is 7.80. The van der Waals surface area contributed by atoms with Gasteiger partial charge in [-0.3, -0.25) is 9.88 Å². The van der Waals surface area contributed by atoms with E-state index in [0.717, 1.165) is 30.8 Å². The Kier molecular flexibility index (Phi) is 6.82. The maximum absolute atomic E-state index is 12.9. The van der Waals surface area contributed by atoms with Gasteiger partial charge in [0, 0.05) is 37.7 Å². The molecule has 2 aromatic rings. The van der Waals surface area contributed by atoms with Crippen molar-refractivity contribution in [3.8, 4) is 0 Å². The minimum Gasteiger partial charge on any atom is -0.379 e. The molecule has 0 saturated carbocycles. The Labute approximate surface area is 166 Å². The second kappa shape index (κ2) is 9.31. The molecule has 2 heterocycles. The molecule has 9 heteroatoms. The van der Waals surface area contributed by atoms with Gasteiger partial charge < -0.3 is 15.4 Å². The Morgan fingerprint density at radius 3 is 2.68 bits per heavy atom. The van der Waals surface area contributed by atoms with Crippen molar-refractivity contribution in [2.45, 2.75) is 12.2 Å². The van der Waals surface area contributed by atoms with Crippen LogP contribution >= 0.6 is 12.2 Å². The van der Waals surface area contributed by atoms with E-state index >= 15 is 0 Å². The molecule has 2 N–H and O–H groups in total. The highest BCUT2D eigenvalue weighted by Gasteiger charge is 2.30. The number of thiocarbonyl (C=S) groups is 1. The standard InChI is InChI=1S/C19H21F3N4OS/c20-19(21,22)15-4-1-5-16(11-15)25-18(28)24-13-17(14-3-2-6-23-12-14)26-7-9-27-10-8-26/h1-6,11-12,17H,7-10,13H2,(H2,24,25,28)/t17-/m0/s1. The summed E-state index contributed by atoms with van der Waals surface area (Å²) in [6.45, 7) is 3.38. The molecule has 0 bridgehead atoms. The van der Waals surface area contributed by atoms with Crippen molar-refractivity contribution in [1.82, 2.24) is 15.2 Å². The lowest BCUT2D eigenvalue weighted by atomic mass is 10.1. The number of morpholine rings is 1. The normalized spacial score (nSPS) is 16.4. The van der Waals surface area contributed by atoms with E-state index in [4.69, 9.17) is 17.0 Å². The summed E-state index contributed by atoms with van der Waals surface area (Å²) in [5, 5.41) is 6.20. The van der Waals surface area contributed by atoms with Crippen LogP contribution in [0.15, 0.2) is 48.8 Å².